The number of carbonyl (C=O) groups is 1. The van der Waals surface area contributed by atoms with E-state index in [4.69, 9.17) is 21.3 Å². The highest BCUT2D eigenvalue weighted by Crippen LogP contribution is 2.28. The largest absolute Gasteiger partial charge is 0.495 e. The number of aromatic nitrogens is 2. The summed E-state index contributed by atoms with van der Waals surface area (Å²) in [4.78, 5) is 17.3. The second-order valence-corrected chi connectivity index (χ2v) is 7.82. The van der Waals surface area contributed by atoms with Gasteiger partial charge in [0, 0.05) is 23.7 Å². The zero-order chi connectivity index (χ0) is 22.5. The minimum absolute atomic E-state index is 0.365. The zero-order valence-corrected chi connectivity index (χ0v) is 18.8. The van der Waals surface area contributed by atoms with Crippen molar-refractivity contribution in [1.29, 1.82) is 0 Å². The molecule has 0 aliphatic rings. The van der Waals surface area contributed by atoms with Crippen molar-refractivity contribution in [2.75, 3.05) is 17.7 Å². The Morgan fingerprint density at radius 1 is 1.03 bits per heavy atom. The SMILES string of the molecule is CCn1c(CCc2cccc(NC(=O)Nc3cc(Cl)ccc3OC)c2)nc2ccccc21. The van der Waals surface area contributed by atoms with Crippen molar-refractivity contribution in [1.82, 2.24) is 9.55 Å². The van der Waals surface area contributed by atoms with Crippen molar-refractivity contribution in [2.24, 2.45) is 0 Å². The van der Waals surface area contributed by atoms with Gasteiger partial charge >= 0.3 is 6.03 Å². The minimum atomic E-state index is -0.365. The molecule has 4 aromatic rings. The van der Waals surface area contributed by atoms with Crippen LogP contribution in [0, 0.1) is 0 Å². The van der Waals surface area contributed by atoms with Crippen molar-refractivity contribution in [3.05, 3.63) is 83.1 Å². The van der Waals surface area contributed by atoms with Crippen LogP contribution in [-0.2, 0) is 19.4 Å². The van der Waals surface area contributed by atoms with Gasteiger partial charge < -0.3 is 19.9 Å². The second-order valence-electron chi connectivity index (χ2n) is 7.39. The number of para-hydroxylation sites is 2. The second kappa shape index (κ2) is 9.75. The van der Waals surface area contributed by atoms with E-state index in [9.17, 15) is 4.79 Å². The number of nitrogens with one attached hydrogen (secondary N) is 2. The minimum Gasteiger partial charge on any atom is -0.495 e. The number of carbonyl (C=O) groups excluding carboxylic acids is 1. The molecule has 0 bridgehead atoms. The van der Waals surface area contributed by atoms with Crippen LogP contribution in [0.2, 0.25) is 5.02 Å². The third-order valence-corrected chi connectivity index (χ3v) is 5.52. The maximum absolute atomic E-state index is 12.5. The van der Waals surface area contributed by atoms with Crippen molar-refractivity contribution in [2.45, 2.75) is 26.3 Å². The Hall–Kier alpha value is -3.51. The summed E-state index contributed by atoms with van der Waals surface area (Å²) in [5.41, 5.74) is 4.52. The van der Waals surface area contributed by atoms with Crippen LogP contribution in [0.1, 0.15) is 18.3 Å². The molecule has 3 aromatic carbocycles. The highest BCUT2D eigenvalue weighted by molar-refractivity contribution is 6.31. The van der Waals surface area contributed by atoms with E-state index in [-0.39, 0.29) is 6.03 Å². The number of urea groups is 1. The number of imidazole rings is 1. The molecule has 0 radical (unpaired) electrons. The molecule has 0 saturated heterocycles. The van der Waals surface area contributed by atoms with Gasteiger partial charge in [-0.25, -0.2) is 9.78 Å². The number of benzene rings is 3. The molecule has 7 heteroatoms. The number of nitrogens with zero attached hydrogens (tertiary/aromatic N) is 2. The molecule has 0 atom stereocenters. The molecule has 4 rings (SSSR count). The molecule has 164 valence electrons. The van der Waals surface area contributed by atoms with E-state index in [1.165, 1.54) is 0 Å². The lowest BCUT2D eigenvalue weighted by atomic mass is 10.1. The number of rotatable bonds is 7. The molecular formula is C25H25ClN4O2. The highest BCUT2D eigenvalue weighted by Gasteiger charge is 2.11. The standard InChI is InChI=1S/C25H25ClN4O2/c1-3-30-22-10-5-4-9-20(22)28-24(30)14-11-17-7-6-8-19(15-17)27-25(31)29-21-16-18(26)12-13-23(21)32-2/h4-10,12-13,15-16H,3,11,14H2,1-2H3,(H2,27,29,31). The molecular weight excluding hydrogens is 424 g/mol. The van der Waals surface area contributed by atoms with E-state index in [2.05, 4.69) is 34.3 Å². The van der Waals surface area contributed by atoms with Gasteiger partial charge in [-0.3, -0.25) is 0 Å². The Morgan fingerprint density at radius 3 is 2.69 bits per heavy atom. The Morgan fingerprint density at radius 2 is 1.88 bits per heavy atom. The molecule has 0 aliphatic heterocycles. The normalized spacial score (nSPS) is 10.8. The molecule has 0 spiro atoms. The van der Waals surface area contributed by atoms with Crippen LogP contribution in [-0.4, -0.2) is 22.7 Å². The number of fused-ring (bicyclic) bond motifs is 1. The summed E-state index contributed by atoms with van der Waals surface area (Å²) < 4.78 is 7.53. The molecule has 0 unspecified atom stereocenters. The third kappa shape index (κ3) is 4.86. The van der Waals surface area contributed by atoms with Gasteiger partial charge in [-0.2, -0.15) is 0 Å². The maximum Gasteiger partial charge on any atom is 0.323 e. The van der Waals surface area contributed by atoms with E-state index in [0.717, 1.165) is 41.8 Å². The summed E-state index contributed by atoms with van der Waals surface area (Å²) in [6.07, 6.45) is 1.64. The Kier molecular flexibility index (Phi) is 6.61. The Bertz CT molecular complexity index is 1250. The van der Waals surface area contributed by atoms with E-state index in [1.54, 1.807) is 25.3 Å². The van der Waals surface area contributed by atoms with Crippen molar-refractivity contribution < 1.29 is 9.53 Å². The van der Waals surface area contributed by atoms with Gasteiger partial charge in [0.05, 0.1) is 23.8 Å². The molecule has 1 heterocycles. The summed E-state index contributed by atoms with van der Waals surface area (Å²) in [6.45, 7) is 3.01. The lowest BCUT2D eigenvalue weighted by Crippen LogP contribution is -2.20. The first-order valence-electron chi connectivity index (χ1n) is 10.5. The molecule has 6 nitrogen and oxygen atoms in total. The van der Waals surface area contributed by atoms with Crippen LogP contribution < -0.4 is 15.4 Å². The fourth-order valence-electron chi connectivity index (χ4n) is 3.79. The van der Waals surface area contributed by atoms with Crippen LogP contribution in [0.25, 0.3) is 11.0 Å². The fourth-order valence-corrected chi connectivity index (χ4v) is 3.96. The van der Waals surface area contributed by atoms with Crippen LogP contribution in [0.5, 0.6) is 5.75 Å². The first kappa shape index (κ1) is 21.7. The lowest BCUT2D eigenvalue weighted by Gasteiger charge is -2.12. The Labute approximate surface area is 192 Å². The first-order valence-corrected chi connectivity index (χ1v) is 10.9. The van der Waals surface area contributed by atoms with Gasteiger partial charge in [0.25, 0.3) is 0 Å². The molecule has 2 N–H and O–H groups in total. The molecule has 2 amide bonds. The van der Waals surface area contributed by atoms with Gasteiger partial charge in [-0.1, -0.05) is 35.9 Å². The first-order chi connectivity index (χ1) is 15.6. The monoisotopic (exact) mass is 448 g/mol. The number of anilines is 2. The maximum atomic E-state index is 12.5. The van der Waals surface area contributed by atoms with Crippen LogP contribution in [0.4, 0.5) is 16.2 Å². The lowest BCUT2D eigenvalue weighted by molar-refractivity contribution is 0.262. The summed E-state index contributed by atoms with van der Waals surface area (Å²) in [6, 6.07) is 20.7. The predicted octanol–water partition coefficient (Wildman–Crippen LogP) is 6.15. The molecule has 0 aliphatic carbocycles. The fraction of sp³-hybridized carbons (Fsp3) is 0.200. The van der Waals surface area contributed by atoms with Crippen LogP contribution in [0.15, 0.2) is 66.7 Å². The third-order valence-electron chi connectivity index (χ3n) is 5.28. The molecule has 1 aromatic heterocycles. The van der Waals surface area contributed by atoms with Crippen molar-refractivity contribution in [3.63, 3.8) is 0 Å². The smallest absolute Gasteiger partial charge is 0.323 e. The topological polar surface area (TPSA) is 68.2 Å². The van der Waals surface area contributed by atoms with Gasteiger partial charge in [0.2, 0.25) is 0 Å². The van der Waals surface area contributed by atoms with Crippen molar-refractivity contribution >= 4 is 40.0 Å². The van der Waals surface area contributed by atoms with Crippen LogP contribution in [0.3, 0.4) is 0 Å². The Balaban J connectivity index is 1.43. The van der Waals surface area contributed by atoms with Gasteiger partial charge in [-0.15, -0.1) is 0 Å². The number of amides is 2. The van der Waals surface area contributed by atoms with Gasteiger partial charge in [0.1, 0.15) is 11.6 Å². The quantitative estimate of drug-likeness (QED) is 0.356. The van der Waals surface area contributed by atoms with E-state index in [0.29, 0.717) is 22.1 Å². The number of halogens is 1. The summed E-state index contributed by atoms with van der Waals surface area (Å²) in [5, 5.41) is 6.17. The van der Waals surface area contributed by atoms with E-state index in [1.807, 2.05) is 36.4 Å². The zero-order valence-electron chi connectivity index (χ0n) is 18.1. The van der Waals surface area contributed by atoms with Gasteiger partial charge in [0.15, 0.2) is 0 Å². The number of ether oxygens (including phenoxy) is 1. The molecule has 0 saturated carbocycles. The molecule has 0 fully saturated rings. The van der Waals surface area contributed by atoms with E-state index < -0.39 is 0 Å². The average Bonchev–Trinajstić information content (AvgIpc) is 3.15. The summed E-state index contributed by atoms with van der Waals surface area (Å²) in [5.74, 6) is 1.61. The number of aryl methyl sites for hydroxylation is 3. The number of hydrogen-bond donors (Lipinski definition) is 2. The predicted molar refractivity (Wildman–Crippen MR) is 130 cm³/mol. The van der Waals surface area contributed by atoms with Gasteiger partial charge in [-0.05, 0) is 61.4 Å². The van der Waals surface area contributed by atoms with E-state index >= 15 is 0 Å². The summed E-state index contributed by atoms with van der Waals surface area (Å²) >= 11 is 6.04. The van der Waals surface area contributed by atoms with Crippen LogP contribution >= 0.6 is 11.6 Å². The molecule has 32 heavy (non-hydrogen) atoms. The summed E-state index contributed by atoms with van der Waals surface area (Å²) in [7, 11) is 1.54. The average molecular weight is 449 g/mol. The van der Waals surface area contributed by atoms with Crippen molar-refractivity contribution in [3.8, 4) is 5.75 Å². The number of methoxy groups -OCH3 is 1. The number of hydrogen-bond acceptors (Lipinski definition) is 3. The highest BCUT2D eigenvalue weighted by atomic mass is 35.5.